The molecule has 0 aliphatic heterocycles. The third kappa shape index (κ3) is 2.73. The molecule has 26 heavy (non-hydrogen) atoms. The Balaban J connectivity index is 1.82. The van der Waals surface area contributed by atoms with E-state index in [2.05, 4.69) is 0 Å². The summed E-state index contributed by atoms with van der Waals surface area (Å²) in [5.74, 6) is 1.05. The number of carboxylic acid groups (broad SMARTS) is 1. The minimum Gasteiger partial charge on any atom is -0.478 e. The maximum absolute atomic E-state index is 13.0. The molecule has 3 aromatic rings. The second-order valence-corrected chi connectivity index (χ2v) is 6.98. The highest BCUT2D eigenvalue weighted by Crippen LogP contribution is 2.55. The van der Waals surface area contributed by atoms with Crippen LogP contribution in [0.5, 0.6) is 0 Å². The molecule has 5 nitrogen and oxygen atoms in total. The van der Waals surface area contributed by atoms with E-state index in [1.54, 1.807) is 12.3 Å². The number of fused-ring (bicyclic) bond motifs is 1. The summed E-state index contributed by atoms with van der Waals surface area (Å²) >= 11 is 0. The van der Waals surface area contributed by atoms with Gasteiger partial charge in [-0.2, -0.15) is 0 Å². The Bertz CT molecular complexity index is 1060. The van der Waals surface area contributed by atoms with E-state index >= 15 is 0 Å². The fourth-order valence-electron chi connectivity index (χ4n) is 3.68. The second kappa shape index (κ2) is 6.16. The molecule has 134 valence electrons. The molecule has 1 saturated carbocycles. The van der Waals surface area contributed by atoms with Crippen LogP contribution >= 0.6 is 0 Å². The van der Waals surface area contributed by atoms with Crippen molar-refractivity contribution in [2.75, 3.05) is 0 Å². The predicted octanol–water partition coefficient (Wildman–Crippen LogP) is 4.62. The van der Waals surface area contributed by atoms with Gasteiger partial charge in [0.1, 0.15) is 17.1 Å². The van der Waals surface area contributed by atoms with Crippen LogP contribution in [0.15, 0.2) is 44.2 Å². The smallest absolute Gasteiger partial charge is 0.335 e. The van der Waals surface area contributed by atoms with E-state index in [9.17, 15) is 14.7 Å². The van der Waals surface area contributed by atoms with Crippen LogP contribution < -0.4 is 5.43 Å². The Kier molecular flexibility index (Phi) is 3.94. The summed E-state index contributed by atoms with van der Waals surface area (Å²) in [4.78, 5) is 24.2. The molecule has 0 bridgehead atoms. The molecule has 0 spiro atoms. The molecule has 1 aromatic carbocycles. The van der Waals surface area contributed by atoms with Gasteiger partial charge in [-0.05, 0) is 55.5 Å². The first kappa shape index (κ1) is 16.6. The van der Waals surface area contributed by atoms with Gasteiger partial charge < -0.3 is 13.9 Å². The van der Waals surface area contributed by atoms with E-state index < -0.39 is 5.97 Å². The molecule has 2 unspecified atom stereocenters. The number of carboxylic acids is 1. The Morgan fingerprint density at radius 2 is 2.08 bits per heavy atom. The van der Waals surface area contributed by atoms with E-state index in [-0.39, 0.29) is 16.9 Å². The van der Waals surface area contributed by atoms with Gasteiger partial charge >= 0.3 is 5.97 Å². The number of rotatable bonds is 5. The fourth-order valence-corrected chi connectivity index (χ4v) is 3.68. The Hall–Kier alpha value is -2.82. The monoisotopic (exact) mass is 352 g/mol. The fraction of sp³-hybridized carbons (Fsp3) is 0.333. The van der Waals surface area contributed by atoms with Crippen molar-refractivity contribution >= 4 is 16.9 Å². The quantitative estimate of drug-likeness (QED) is 0.725. The van der Waals surface area contributed by atoms with Crippen molar-refractivity contribution in [2.24, 2.45) is 0 Å². The van der Waals surface area contributed by atoms with Gasteiger partial charge in [-0.3, -0.25) is 4.79 Å². The highest BCUT2D eigenvalue weighted by molar-refractivity contribution is 5.92. The van der Waals surface area contributed by atoms with Gasteiger partial charge in [-0.1, -0.05) is 13.3 Å². The molecule has 1 aliphatic rings. The van der Waals surface area contributed by atoms with Crippen LogP contribution in [-0.4, -0.2) is 11.1 Å². The zero-order valence-electron chi connectivity index (χ0n) is 14.7. The van der Waals surface area contributed by atoms with E-state index in [4.69, 9.17) is 8.83 Å². The van der Waals surface area contributed by atoms with Crippen LogP contribution in [0.1, 0.15) is 64.6 Å². The number of carbonyl (C=O) groups is 1. The summed E-state index contributed by atoms with van der Waals surface area (Å²) in [6, 6.07) is 6.50. The largest absolute Gasteiger partial charge is 0.478 e. The number of aromatic carboxylic acids is 1. The lowest BCUT2D eigenvalue weighted by Crippen LogP contribution is -2.13. The first-order valence-electron chi connectivity index (χ1n) is 8.87. The summed E-state index contributed by atoms with van der Waals surface area (Å²) < 4.78 is 11.5. The Morgan fingerprint density at radius 1 is 1.27 bits per heavy atom. The SMILES string of the molecule is CCCc1c(C2CC2c2coc(C)c2)oc2ccc(C(=O)O)cc2c1=O. The highest BCUT2D eigenvalue weighted by Gasteiger charge is 2.44. The van der Waals surface area contributed by atoms with Gasteiger partial charge in [-0.15, -0.1) is 0 Å². The number of aryl methyl sites for hydroxylation is 1. The third-order valence-corrected chi connectivity index (χ3v) is 5.07. The average molecular weight is 352 g/mol. The summed E-state index contributed by atoms with van der Waals surface area (Å²) in [6.45, 7) is 3.94. The Morgan fingerprint density at radius 3 is 2.73 bits per heavy atom. The van der Waals surface area contributed by atoms with Crippen LogP contribution in [0.4, 0.5) is 0 Å². The van der Waals surface area contributed by atoms with Crippen LogP contribution in [0.2, 0.25) is 0 Å². The maximum atomic E-state index is 13.0. The zero-order chi connectivity index (χ0) is 18.4. The highest BCUT2D eigenvalue weighted by atomic mass is 16.4. The molecule has 4 rings (SSSR count). The van der Waals surface area contributed by atoms with Gasteiger partial charge in [0.05, 0.1) is 17.2 Å². The van der Waals surface area contributed by atoms with Crippen LogP contribution in [0.25, 0.3) is 11.0 Å². The van der Waals surface area contributed by atoms with Crippen molar-refractivity contribution in [3.8, 4) is 0 Å². The molecule has 0 radical (unpaired) electrons. The summed E-state index contributed by atoms with van der Waals surface area (Å²) in [7, 11) is 0. The van der Waals surface area contributed by atoms with E-state index in [1.807, 2.05) is 19.9 Å². The number of furan rings is 1. The standard InChI is InChI=1S/C21H20O5/c1-3-4-14-19(22)17-8-12(21(23)24)5-6-18(17)26-20(14)16-9-15(16)13-7-11(2)25-10-13/h5-8,10,15-16H,3-4,9H2,1-2H3,(H,23,24). The van der Waals surface area contributed by atoms with Crippen LogP contribution in [0.3, 0.4) is 0 Å². The average Bonchev–Trinajstić information content (AvgIpc) is 3.30. The predicted molar refractivity (Wildman–Crippen MR) is 97.0 cm³/mol. The van der Waals surface area contributed by atoms with E-state index in [0.717, 1.165) is 29.9 Å². The summed E-state index contributed by atoms with van der Waals surface area (Å²) in [6.07, 6.45) is 4.15. The molecular formula is C21H20O5. The van der Waals surface area contributed by atoms with Gasteiger partial charge in [0.15, 0.2) is 5.43 Å². The maximum Gasteiger partial charge on any atom is 0.335 e. The van der Waals surface area contributed by atoms with Gasteiger partial charge in [0.25, 0.3) is 0 Å². The number of hydrogen-bond acceptors (Lipinski definition) is 4. The van der Waals surface area contributed by atoms with E-state index in [1.165, 1.54) is 12.1 Å². The summed E-state index contributed by atoms with van der Waals surface area (Å²) in [5, 5.41) is 9.52. The molecule has 1 N–H and O–H groups in total. The summed E-state index contributed by atoms with van der Waals surface area (Å²) in [5.41, 5.74) is 2.25. The van der Waals surface area contributed by atoms with E-state index in [0.29, 0.717) is 28.9 Å². The molecule has 5 heteroatoms. The van der Waals surface area contributed by atoms with Crippen LogP contribution in [0, 0.1) is 6.92 Å². The van der Waals surface area contributed by atoms with Crippen molar-refractivity contribution in [3.05, 3.63) is 69.0 Å². The number of benzene rings is 1. The van der Waals surface area contributed by atoms with Crippen molar-refractivity contribution in [1.29, 1.82) is 0 Å². The van der Waals surface area contributed by atoms with Crippen molar-refractivity contribution < 1.29 is 18.7 Å². The molecule has 2 atom stereocenters. The van der Waals surface area contributed by atoms with Gasteiger partial charge in [0, 0.05) is 11.5 Å². The second-order valence-electron chi connectivity index (χ2n) is 6.98. The molecule has 2 heterocycles. The molecule has 1 aliphatic carbocycles. The van der Waals surface area contributed by atoms with Gasteiger partial charge in [-0.25, -0.2) is 4.79 Å². The normalized spacial score (nSPS) is 19.0. The molecule has 2 aromatic heterocycles. The number of hydrogen-bond donors (Lipinski definition) is 1. The molecule has 1 fully saturated rings. The molecular weight excluding hydrogens is 332 g/mol. The first-order valence-corrected chi connectivity index (χ1v) is 8.87. The van der Waals surface area contributed by atoms with Crippen molar-refractivity contribution in [1.82, 2.24) is 0 Å². The van der Waals surface area contributed by atoms with Crippen molar-refractivity contribution in [3.63, 3.8) is 0 Å². The first-order chi connectivity index (χ1) is 12.5. The van der Waals surface area contributed by atoms with Crippen molar-refractivity contribution in [2.45, 2.75) is 44.9 Å². The zero-order valence-corrected chi connectivity index (χ0v) is 14.7. The minimum absolute atomic E-state index is 0.0955. The molecule has 0 amide bonds. The Labute approximate surface area is 150 Å². The topological polar surface area (TPSA) is 80.7 Å². The lowest BCUT2D eigenvalue weighted by atomic mass is 10.0. The van der Waals surface area contributed by atoms with Gasteiger partial charge in [0.2, 0.25) is 0 Å². The van der Waals surface area contributed by atoms with Crippen LogP contribution in [-0.2, 0) is 6.42 Å². The lowest BCUT2D eigenvalue weighted by molar-refractivity contribution is 0.0697. The molecule has 0 saturated heterocycles. The third-order valence-electron chi connectivity index (χ3n) is 5.07. The lowest BCUT2D eigenvalue weighted by Gasteiger charge is -2.09. The minimum atomic E-state index is -1.05.